The van der Waals surface area contributed by atoms with Gasteiger partial charge in [0.15, 0.2) is 5.69 Å². The van der Waals surface area contributed by atoms with Crippen molar-refractivity contribution in [2.45, 2.75) is 6.92 Å². The van der Waals surface area contributed by atoms with Crippen LogP contribution in [0.3, 0.4) is 0 Å². The number of pyridine rings is 1. The summed E-state index contributed by atoms with van der Waals surface area (Å²) in [5.41, 5.74) is -0.209. The van der Waals surface area contributed by atoms with E-state index in [0.717, 1.165) is 0 Å². The van der Waals surface area contributed by atoms with Crippen molar-refractivity contribution in [3.63, 3.8) is 0 Å². The van der Waals surface area contributed by atoms with E-state index in [4.69, 9.17) is 5.11 Å². The Morgan fingerprint density at radius 1 is 1.32 bits per heavy atom. The van der Waals surface area contributed by atoms with Gasteiger partial charge in [-0.05, 0) is 19.1 Å². The van der Waals surface area contributed by atoms with Crippen molar-refractivity contribution in [3.8, 4) is 0 Å². The van der Waals surface area contributed by atoms with Crippen LogP contribution in [0.15, 0.2) is 18.3 Å². The minimum absolute atomic E-state index is 0.0587. The number of carboxylic acids is 1. The number of urea groups is 1. The Bertz CT molecular complexity index is 489. The maximum Gasteiger partial charge on any atom is 0.356 e. The lowest BCUT2D eigenvalue weighted by atomic mass is 10.3. The standard InChI is InChI=1S/C11H14N4O4/c1-2-12-8(16)6-14-11(19)15-7-4-3-5-13-9(7)10(17)18/h3-5H,2,6H2,1H3,(H,12,16)(H,17,18)(H2,14,15,19). The molecule has 0 radical (unpaired) electrons. The van der Waals surface area contributed by atoms with Gasteiger partial charge >= 0.3 is 12.0 Å². The van der Waals surface area contributed by atoms with E-state index >= 15 is 0 Å². The number of nitrogens with one attached hydrogen (secondary N) is 3. The van der Waals surface area contributed by atoms with E-state index in [-0.39, 0.29) is 23.8 Å². The van der Waals surface area contributed by atoms with Crippen LogP contribution in [0.1, 0.15) is 17.4 Å². The second kappa shape index (κ2) is 6.94. The molecule has 1 aromatic rings. The molecule has 0 spiro atoms. The van der Waals surface area contributed by atoms with Crippen molar-refractivity contribution >= 4 is 23.6 Å². The number of amides is 3. The van der Waals surface area contributed by atoms with Gasteiger partial charge in [-0.1, -0.05) is 0 Å². The van der Waals surface area contributed by atoms with Crippen LogP contribution >= 0.6 is 0 Å². The maximum atomic E-state index is 11.5. The lowest BCUT2D eigenvalue weighted by Gasteiger charge is -2.08. The summed E-state index contributed by atoms with van der Waals surface area (Å²) in [6.45, 7) is 2.03. The number of aromatic nitrogens is 1. The number of hydrogen-bond donors (Lipinski definition) is 4. The fourth-order valence-electron chi connectivity index (χ4n) is 1.26. The molecular weight excluding hydrogens is 252 g/mol. The number of nitrogens with zero attached hydrogens (tertiary/aromatic N) is 1. The van der Waals surface area contributed by atoms with Crippen LogP contribution in [-0.2, 0) is 4.79 Å². The molecular formula is C11H14N4O4. The summed E-state index contributed by atoms with van der Waals surface area (Å²) >= 11 is 0. The summed E-state index contributed by atoms with van der Waals surface area (Å²) in [6, 6.07) is 2.22. The molecule has 0 aliphatic rings. The fourth-order valence-corrected chi connectivity index (χ4v) is 1.26. The summed E-state index contributed by atoms with van der Waals surface area (Å²) in [7, 11) is 0. The third-order valence-electron chi connectivity index (χ3n) is 2.04. The highest BCUT2D eigenvalue weighted by molar-refractivity contribution is 5.99. The van der Waals surface area contributed by atoms with Crippen molar-refractivity contribution < 1.29 is 19.5 Å². The number of carbonyl (C=O) groups is 3. The van der Waals surface area contributed by atoms with Crippen LogP contribution < -0.4 is 16.0 Å². The van der Waals surface area contributed by atoms with Crippen molar-refractivity contribution in [3.05, 3.63) is 24.0 Å². The molecule has 4 N–H and O–H groups in total. The zero-order valence-electron chi connectivity index (χ0n) is 10.3. The number of aromatic carboxylic acids is 1. The van der Waals surface area contributed by atoms with Gasteiger partial charge in [-0.2, -0.15) is 0 Å². The molecule has 102 valence electrons. The summed E-state index contributed by atoms with van der Waals surface area (Å²) in [4.78, 5) is 37.1. The van der Waals surface area contributed by atoms with Crippen LogP contribution in [-0.4, -0.2) is 41.1 Å². The minimum Gasteiger partial charge on any atom is -0.476 e. The predicted octanol–water partition coefficient (Wildman–Crippen LogP) is 0.0374. The topological polar surface area (TPSA) is 120 Å². The molecule has 1 aromatic heterocycles. The largest absolute Gasteiger partial charge is 0.476 e. The molecule has 1 rings (SSSR count). The molecule has 8 nitrogen and oxygen atoms in total. The van der Waals surface area contributed by atoms with E-state index in [2.05, 4.69) is 20.9 Å². The van der Waals surface area contributed by atoms with Gasteiger partial charge in [-0.25, -0.2) is 14.6 Å². The first-order valence-electron chi connectivity index (χ1n) is 5.54. The molecule has 0 aliphatic carbocycles. The molecule has 0 aliphatic heterocycles. The molecule has 0 bridgehead atoms. The quantitative estimate of drug-likeness (QED) is 0.599. The van der Waals surface area contributed by atoms with Gasteiger partial charge in [0.05, 0.1) is 12.2 Å². The van der Waals surface area contributed by atoms with Crippen molar-refractivity contribution in [2.75, 3.05) is 18.4 Å². The monoisotopic (exact) mass is 266 g/mol. The molecule has 0 unspecified atom stereocenters. The van der Waals surface area contributed by atoms with Crippen LogP contribution in [0.5, 0.6) is 0 Å². The fraction of sp³-hybridized carbons (Fsp3) is 0.273. The number of carboxylic acid groups (broad SMARTS) is 1. The van der Waals surface area contributed by atoms with Gasteiger partial charge in [-0.15, -0.1) is 0 Å². The number of likely N-dealkylation sites (N-methyl/N-ethyl adjacent to an activating group) is 1. The second-order valence-corrected chi connectivity index (χ2v) is 3.47. The lowest BCUT2D eigenvalue weighted by Crippen LogP contribution is -2.39. The molecule has 3 amide bonds. The molecule has 0 saturated heterocycles. The Labute approximate surface area is 109 Å². The van der Waals surface area contributed by atoms with Crippen LogP contribution in [0.4, 0.5) is 10.5 Å². The number of carbonyl (C=O) groups excluding carboxylic acids is 2. The van der Waals surface area contributed by atoms with E-state index in [1.807, 2.05) is 0 Å². The molecule has 1 heterocycles. The van der Waals surface area contributed by atoms with E-state index in [1.54, 1.807) is 6.92 Å². The van der Waals surface area contributed by atoms with Crippen molar-refractivity contribution in [1.82, 2.24) is 15.6 Å². The Hall–Kier alpha value is -2.64. The second-order valence-electron chi connectivity index (χ2n) is 3.47. The molecule has 0 fully saturated rings. The van der Waals surface area contributed by atoms with Crippen molar-refractivity contribution in [1.29, 1.82) is 0 Å². The number of rotatable bonds is 5. The van der Waals surface area contributed by atoms with Gasteiger partial charge < -0.3 is 21.1 Å². The average Bonchev–Trinajstić information content (AvgIpc) is 2.37. The van der Waals surface area contributed by atoms with Crippen LogP contribution in [0, 0.1) is 0 Å². The molecule has 0 saturated carbocycles. The SMILES string of the molecule is CCNC(=O)CNC(=O)Nc1cccnc1C(=O)O. The van der Waals surface area contributed by atoms with Gasteiger partial charge in [0.1, 0.15) is 0 Å². The Kier molecular flexibility index (Phi) is 5.27. The normalized spacial score (nSPS) is 9.53. The Morgan fingerprint density at radius 3 is 2.68 bits per heavy atom. The summed E-state index contributed by atoms with van der Waals surface area (Å²) in [5.74, 6) is -1.58. The molecule has 19 heavy (non-hydrogen) atoms. The van der Waals surface area contributed by atoms with Gasteiger partial charge in [0, 0.05) is 12.7 Å². The first-order chi connectivity index (χ1) is 9.04. The summed E-state index contributed by atoms with van der Waals surface area (Å²) in [6.07, 6.45) is 1.31. The van der Waals surface area contributed by atoms with Gasteiger partial charge in [-0.3, -0.25) is 4.79 Å². The highest BCUT2D eigenvalue weighted by atomic mass is 16.4. The zero-order valence-corrected chi connectivity index (χ0v) is 10.3. The van der Waals surface area contributed by atoms with Gasteiger partial charge in [0.2, 0.25) is 5.91 Å². The van der Waals surface area contributed by atoms with Crippen molar-refractivity contribution in [2.24, 2.45) is 0 Å². The molecule has 8 heteroatoms. The lowest BCUT2D eigenvalue weighted by molar-refractivity contribution is -0.119. The van der Waals surface area contributed by atoms with Crippen LogP contribution in [0.2, 0.25) is 0 Å². The third-order valence-corrected chi connectivity index (χ3v) is 2.04. The minimum atomic E-state index is -1.25. The van der Waals surface area contributed by atoms with E-state index in [1.165, 1.54) is 18.3 Å². The van der Waals surface area contributed by atoms with Gasteiger partial charge in [0.25, 0.3) is 0 Å². The highest BCUT2D eigenvalue weighted by Gasteiger charge is 2.13. The first kappa shape index (κ1) is 14.4. The Balaban J connectivity index is 2.58. The summed E-state index contributed by atoms with van der Waals surface area (Å²) in [5, 5.41) is 16.0. The molecule has 0 aromatic carbocycles. The number of anilines is 1. The molecule has 0 atom stereocenters. The maximum absolute atomic E-state index is 11.5. The predicted molar refractivity (Wildman–Crippen MR) is 66.9 cm³/mol. The third kappa shape index (κ3) is 4.62. The van der Waals surface area contributed by atoms with E-state index < -0.39 is 12.0 Å². The summed E-state index contributed by atoms with van der Waals surface area (Å²) < 4.78 is 0. The van der Waals surface area contributed by atoms with E-state index in [9.17, 15) is 14.4 Å². The smallest absolute Gasteiger partial charge is 0.356 e. The highest BCUT2D eigenvalue weighted by Crippen LogP contribution is 2.11. The zero-order chi connectivity index (χ0) is 14.3. The Morgan fingerprint density at radius 2 is 2.05 bits per heavy atom. The average molecular weight is 266 g/mol. The number of hydrogen-bond acceptors (Lipinski definition) is 4. The van der Waals surface area contributed by atoms with Crippen LogP contribution in [0.25, 0.3) is 0 Å². The first-order valence-corrected chi connectivity index (χ1v) is 5.54. The van der Waals surface area contributed by atoms with E-state index in [0.29, 0.717) is 6.54 Å².